The van der Waals surface area contributed by atoms with E-state index in [4.69, 9.17) is 14.6 Å². The average molecular weight is 342 g/mol. The summed E-state index contributed by atoms with van der Waals surface area (Å²) in [7, 11) is 0. The SMILES string of the molecule is C=C(C)C(=O)OC(O)(CCCCCCCCCO)OC(=O)C(=C)C. The second-order valence-corrected chi connectivity index (χ2v) is 6.00. The van der Waals surface area contributed by atoms with Crippen molar-refractivity contribution in [3.05, 3.63) is 24.3 Å². The summed E-state index contributed by atoms with van der Waals surface area (Å²) in [6.07, 6.45) is 6.14. The van der Waals surface area contributed by atoms with Gasteiger partial charge in [0.25, 0.3) is 0 Å². The summed E-state index contributed by atoms with van der Waals surface area (Å²) < 4.78 is 9.77. The van der Waals surface area contributed by atoms with Gasteiger partial charge in [0.05, 0.1) is 6.42 Å². The highest BCUT2D eigenvalue weighted by Crippen LogP contribution is 2.22. The smallest absolute Gasteiger partial charge is 0.373 e. The third-order valence-corrected chi connectivity index (χ3v) is 3.35. The van der Waals surface area contributed by atoms with Gasteiger partial charge >= 0.3 is 17.9 Å². The van der Waals surface area contributed by atoms with Crippen LogP contribution in [-0.2, 0) is 19.1 Å². The van der Waals surface area contributed by atoms with Gasteiger partial charge in [0.2, 0.25) is 0 Å². The van der Waals surface area contributed by atoms with Crippen LogP contribution in [-0.4, -0.2) is 34.7 Å². The Hall–Kier alpha value is -1.66. The Kier molecular flexibility index (Phi) is 11.0. The van der Waals surface area contributed by atoms with Crippen LogP contribution in [0.1, 0.15) is 65.2 Å². The summed E-state index contributed by atoms with van der Waals surface area (Å²) in [6.45, 7) is 9.97. The Labute approximate surface area is 144 Å². The first-order chi connectivity index (χ1) is 11.2. The predicted octanol–water partition coefficient (Wildman–Crippen LogP) is 2.98. The van der Waals surface area contributed by atoms with Gasteiger partial charge in [-0.1, -0.05) is 45.3 Å². The molecule has 0 unspecified atom stereocenters. The standard InChI is InChI=1S/C18H30O6/c1-14(2)16(20)23-18(22,24-17(21)15(3)4)12-10-8-6-5-7-9-11-13-19/h19,22H,1,3,5-13H2,2,4H3. The molecule has 0 aliphatic rings. The molecule has 6 heteroatoms. The van der Waals surface area contributed by atoms with Gasteiger partial charge in [-0.25, -0.2) is 9.59 Å². The van der Waals surface area contributed by atoms with Crippen LogP contribution in [0.2, 0.25) is 0 Å². The molecule has 0 rings (SSSR count). The van der Waals surface area contributed by atoms with E-state index in [1.54, 1.807) is 0 Å². The molecule has 0 amide bonds. The Morgan fingerprint density at radius 2 is 1.21 bits per heavy atom. The number of carbonyl (C=O) groups excluding carboxylic acids is 2. The number of hydrogen-bond donors (Lipinski definition) is 2. The summed E-state index contributed by atoms with van der Waals surface area (Å²) in [5, 5.41) is 19.0. The fourth-order valence-corrected chi connectivity index (χ4v) is 1.93. The second kappa shape index (κ2) is 11.8. The van der Waals surface area contributed by atoms with Gasteiger partial charge in [-0.2, -0.15) is 0 Å². The van der Waals surface area contributed by atoms with Gasteiger partial charge in [0.15, 0.2) is 0 Å². The Bertz CT molecular complexity index is 413. The Balaban J connectivity index is 4.39. The maximum Gasteiger partial charge on any atom is 0.373 e. The number of ether oxygens (including phenoxy) is 2. The average Bonchev–Trinajstić information content (AvgIpc) is 2.49. The lowest BCUT2D eigenvalue weighted by Crippen LogP contribution is -2.40. The molecule has 0 aromatic rings. The van der Waals surface area contributed by atoms with Crippen molar-refractivity contribution in [3.63, 3.8) is 0 Å². The number of aliphatic hydroxyl groups is 2. The van der Waals surface area contributed by atoms with E-state index in [2.05, 4.69) is 13.2 Å². The normalized spacial score (nSPS) is 11.0. The highest BCUT2D eigenvalue weighted by Gasteiger charge is 2.36. The molecule has 2 N–H and O–H groups in total. The third kappa shape index (κ3) is 10.2. The van der Waals surface area contributed by atoms with Gasteiger partial charge in [0, 0.05) is 17.8 Å². The van der Waals surface area contributed by atoms with Crippen LogP contribution in [0.5, 0.6) is 0 Å². The third-order valence-electron chi connectivity index (χ3n) is 3.35. The summed E-state index contributed by atoms with van der Waals surface area (Å²) in [5.41, 5.74) is 0.201. The van der Waals surface area contributed by atoms with E-state index in [1.807, 2.05) is 0 Å². The lowest BCUT2D eigenvalue weighted by Gasteiger charge is -2.27. The Morgan fingerprint density at radius 3 is 1.58 bits per heavy atom. The summed E-state index contributed by atoms with van der Waals surface area (Å²) in [5.74, 6) is -3.95. The number of esters is 2. The van der Waals surface area contributed by atoms with Crippen LogP contribution in [0, 0.1) is 0 Å². The highest BCUT2D eigenvalue weighted by molar-refractivity contribution is 5.88. The lowest BCUT2D eigenvalue weighted by atomic mass is 10.1. The molecule has 0 saturated carbocycles. The van der Waals surface area contributed by atoms with Crippen molar-refractivity contribution in [2.75, 3.05) is 6.61 Å². The van der Waals surface area contributed by atoms with Crippen molar-refractivity contribution in [2.24, 2.45) is 0 Å². The van der Waals surface area contributed by atoms with E-state index < -0.39 is 17.9 Å². The van der Waals surface area contributed by atoms with Gasteiger partial charge in [-0.15, -0.1) is 0 Å². The predicted molar refractivity (Wildman–Crippen MR) is 90.8 cm³/mol. The zero-order valence-corrected chi connectivity index (χ0v) is 14.8. The van der Waals surface area contributed by atoms with Crippen molar-refractivity contribution in [1.29, 1.82) is 0 Å². The van der Waals surface area contributed by atoms with Crippen LogP contribution in [0.4, 0.5) is 0 Å². The minimum absolute atomic E-state index is 0.0122. The minimum Gasteiger partial charge on any atom is -0.396 e. The highest BCUT2D eigenvalue weighted by atomic mass is 16.8. The number of rotatable bonds is 13. The van der Waals surface area contributed by atoms with E-state index in [9.17, 15) is 14.7 Å². The van der Waals surface area contributed by atoms with E-state index in [-0.39, 0.29) is 24.2 Å². The van der Waals surface area contributed by atoms with E-state index in [0.29, 0.717) is 6.42 Å². The molecular weight excluding hydrogens is 312 g/mol. The fraction of sp³-hybridized carbons (Fsp3) is 0.667. The minimum atomic E-state index is -2.30. The maximum atomic E-state index is 11.6. The molecule has 0 spiro atoms. The van der Waals surface area contributed by atoms with Crippen molar-refractivity contribution in [2.45, 2.75) is 71.2 Å². The monoisotopic (exact) mass is 342 g/mol. The molecule has 6 nitrogen and oxygen atoms in total. The molecule has 0 saturated heterocycles. The molecule has 0 bridgehead atoms. The number of aliphatic hydroxyl groups excluding tert-OH is 1. The van der Waals surface area contributed by atoms with Crippen LogP contribution < -0.4 is 0 Å². The quantitative estimate of drug-likeness (QED) is 0.231. The number of carbonyl (C=O) groups is 2. The summed E-state index contributed by atoms with van der Waals surface area (Å²) >= 11 is 0. The molecular formula is C18H30O6. The molecule has 0 atom stereocenters. The molecule has 0 fully saturated rings. The van der Waals surface area contributed by atoms with Crippen LogP contribution in [0.15, 0.2) is 24.3 Å². The largest absolute Gasteiger partial charge is 0.396 e. The van der Waals surface area contributed by atoms with Gasteiger partial charge in [-0.05, 0) is 26.7 Å². The number of hydrogen-bond acceptors (Lipinski definition) is 6. The maximum absolute atomic E-state index is 11.6. The van der Waals surface area contributed by atoms with E-state index in [0.717, 1.165) is 38.5 Å². The first kappa shape index (κ1) is 22.3. The molecule has 0 radical (unpaired) electrons. The van der Waals surface area contributed by atoms with Crippen molar-refractivity contribution < 1.29 is 29.3 Å². The van der Waals surface area contributed by atoms with E-state index in [1.165, 1.54) is 13.8 Å². The van der Waals surface area contributed by atoms with Crippen LogP contribution >= 0.6 is 0 Å². The first-order valence-corrected chi connectivity index (χ1v) is 8.33. The molecule has 0 aromatic carbocycles. The molecule has 24 heavy (non-hydrogen) atoms. The molecule has 0 aromatic heterocycles. The Morgan fingerprint density at radius 1 is 0.833 bits per heavy atom. The summed E-state index contributed by atoms with van der Waals surface area (Å²) in [6, 6.07) is 0. The summed E-state index contributed by atoms with van der Waals surface area (Å²) in [4.78, 5) is 23.3. The number of unbranched alkanes of at least 4 members (excludes halogenated alkanes) is 6. The first-order valence-electron chi connectivity index (χ1n) is 8.33. The van der Waals surface area contributed by atoms with E-state index >= 15 is 0 Å². The fourth-order valence-electron chi connectivity index (χ4n) is 1.93. The zero-order chi connectivity index (χ0) is 18.6. The van der Waals surface area contributed by atoms with Crippen LogP contribution in [0.25, 0.3) is 0 Å². The van der Waals surface area contributed by atoms with Crippen molar-refractivity contribution >= 4 is 11.9 Å². The molecule has 0 aliphatic heterocycles. The molecule has 0 aliphatic carbocycles. The van der Waals surface area contributed by atoms with Crippen molar-refractivity contribution in [1.82, 2.24) is 0 Å². The van der Waals surface area contributed by atoms with Gasteiger partial charge in [-0.3, -0.25) is 0 Å². The second-order valence-electron chi connectivity index (χ2n) is 6.00. The van der Waals surface area contributed by atoms with Crippen molar-refractivity contribution in [3.8, 4) is 0 Å². The zero-order valence-electron chi connectivity index (χ0n) is 14.8. The lowest BCUT2D eigenvalue weighted by molar-refractivity contribution is -0.325. The molecule has 0 heterocycles. The van der Waals surface area contributed by atoms with Gasteiger partial charge < -0.3 is 19.7 Å². The molecule has 138 valence electrons. The van der Waals surface area contributed by atoms with Gasteiger partial charge in [0.1, 0.15) is 0 Å². The topological polar surface area (TPSA) is 93.1 Å². The van der Waals surface area contributed by atoms with Crippen LogP contribution in [0.3, 0.4) is 0 Å².